The predicted octanol–water partition coefficient (Wildman–Crippen LogP) is 2.66. The minimum Gasteiger partial charge on any atom is -0.478 e. The van der Waals surface area contributed by atoms with Crippen molar-refractivity contribution in [1.29, 1.82) is 0 Å². The van der Waals surface area contributed by atoms with E-state index in [0.717, 1.165) is 12.2 Å². The highest BCUT2D eigenvalue weighted by Crippen LogP contribution is 2.21. The summed E-state index contributed by atoms with van der Waals surface area (Å²) in [7, 11) is 0. The number of ether oxygens (including phenoxy) is 1. The Morgan fingerprint density at radius 2 is 2.17 bits per heavy atom. The van der Waals surface area contributed by atoms with Gasteiger partial charge in [0.2, 0.25) is 5.88 Å². The first-order valence-electron chi connectivity index (χ1n) is 6.57. The van der Waals surface area contributed by atoms with Crippen molar-refractivity contribution in [1.82, 2.24) is 4.98 Å². The summed E-state index contributed by atoms with van der Waals surface area (Å²) in [6, 6.07) is 5.74. The minimum atomic E-state index is -0.133. The number of pyridine rings is 1. The lowest BCUT2D eigenvalue weighted by molar-refractivity contribution is 0.326. The highest BCUT2D eigenvalue weighted by molar-refractivity contribution is 5.40. The molecule has 4 nitrogen and oxygen atoms in total. The Balaban J connectivity index is 2.77. The zero-order valence-electron chi connectivity index (χ0n) is 11.9. The van der Waals surface area contributed by atoms with E-state index in [1.807, 2.05) is 25.1 Å². The summed E-state index contributed by atoms with van der Waals surface area (Å²) in [4.78, 5) is 4.41. The zero-order valence-corrected chi connectivity index (χ0v) is 11.9. The predicted molar refractivity (Wildman–Crippen MR) is 75.9 cm³/mol. The maximum Gasteiger partial charge on any atom is 0.215 e. The third-order valence-corrected chi connectivity index (χ3v) is 2.75. The molecule has 1 heterocycles. The third-order valence-electron chi connectivity index (χ3n) is 2.75. The Hall–Kier alpha value is -1.29. The summed E-state index contributed by atoms with van der Waals surface area (Å²) >= 11 is 0. The number of nitrogens with zero attached hydrogens (tertiary/aromatic N) is 1. The van der Waals surface area contributed by atoms with Crippen LogP contribution in [0.25, 0.3) is 0 Å². The molecule has 1 rings (SSSR count). The molecule has 0 fully saturated rings. The fourth-order valence-corrected chi connectivity index (χ4v) is 2.11. The van der Waals surface area contributed by atoms with Crippen LogP contribution in [-0.4, -0.2) is 23.7 Å². The van der Waals surface area contributed by atoms with E-state index >= 15 is 0 Å². The van der Waals surface area contributed by atoms with E-state index in [-0.39, 0.29) is 5.54 Å². The number of rotatable bonds is 7. The monoisotopic (exact) mass is 251 g/mol. The van der Waals surface area contributed by atoms with Crippen LogP contribution in [-0.2, 0) is 0 Å². The molecule has 0 aliphatic heterocycles. The molecule has 1 aromatic rings. The number of anilines is 1. The average molecular weight is 251 g/mol. The molecule has 4 heteroatoms. The number of aromatic nitrogens is 1. The van der Waals surface area contributed by atoms with Gasteiger partial charge in [0.1, 0.15) is 5.82 Å². The summed E-state index contributed by atoms with van der Waals surface area (Å²) < 4.78 is 5.39. The Labute approximate surface area is 110 Å². The summed E-state index contributed by atoms with van der Waals surface area (Å²) in [6.45, 7) is 9.66. The summed E-state index contributed by atoms with van der Waals surface area (Å²) in [6.07, 6.45) is 1.00. The molecule has 18 heavy (non-hydrogen) atoms. The second-order valence-corrected chi connectivity index (χ2v) is 5.28. The Bertz CT molecular complexity index is 368. The lowest BCUT2D eigenvalue weighted by atomic mass is 9.91. The molecule has 3 N–H and O–H groups in total. The van der Waals surface area contributed by atoms with Gasteiger partial charge in [0.15, 0.2) is 0 Å². The molecule has 0 saturated heterocycles. The van der Waals surface area contributed by atoms with Crippen LogP contribution in [0.2, 0.25) is 0 Å². The third kappa shape index (κ3) is 4.53. The summed E-state index contributed by atoms with van der Waals surface area (Å²) in [5.74, 6) is 2.04. The summed E-state index contributed by atoms with van der Waals surface area (Å²) in [5, 5.41) is 3.42. The van der Waals surface area contributed by atoms with Crippen LogP contribution in [0.5, 0.6) is 5.88 Å². The lowest BCUT2D eigenvalue weighted by Crippen LogP contribution is -2.43. The van der Waals surface area contributed by atoms with Crippen molar-refractivity contribution in [3.63, 3.8) is 0 Å². The van der Waals surface area contributed by atoms with Crippen LogP contribution in [0.1, 0.15) is 34.1 Å². The quantitative estimate of drug-likeness (QED) is 0.782. The smallest absolute Gasteiger partial charge is 0.215 e. The van der Waals surface area contributed by atoms with Crippen molar-refractivity contribution in [3.05, 3.63) is 18.2 Å². The fourth-order valence-electron chi connectivity index (χ4n) is 2.11. The molecule has 1 aromatic heterocycles. The molecule has 0 saturated carbocycles. The number of hydrogen-bond acceptors (Lipinski definition) is 4. The molecule has 0 aliphatic carbocycles. The van der Waals surface area contributed by atoms with Gasteiger partial charge in [-0.05, 0) is 32.3 Å². The lowest BCUT2D eigenvalue weighted by Gasteiger charge is -2.31. The van der Waals surface area contributed by atoms with Crippen LogP contribution in [0.15, 0.2) is 18.2 Å². The minimum absolute atomic E-state index is 0.133. The fraction of sp³-hybridized carbons (Fsp3) is 0.643. The van der Waals surface area contributed by atoms with Gasteiger partial charge in [-0.3, -0.25) is 0 Å². The Kier molecular flexibility index (Phi) is 5.41. The SMILES string of the molecule is CCOc1cccc(NC(C)(CN)CC(C)C)n1. The van der Waals surface area contributed by atoms with Crippen LogP contribution >= 0.6 is 0 Å². The van der Waals surface area contributed by atoms with Crippen molar-refractivity contribution in [3.8, 4) is 5.88 Å². The zero-order chi connectivity index (χ0) is 13.6. The second kappa shape index (κ2) is 6.59. The van der Waals surface area contributed by atoms with Gasteiger partial charge in [0.05, 0.1) is 6.61 Å². The molecule has 102 valence electrons. The van der Waals surface area contributed by atoms with Gasteiger partial charge in [-0.1, -0.05) is 19.9 Å². The van der Waals surface area contributed by atoms with Crippen molar-refractivity contribution in [2.24, 2.45) is 11.7 Å². The molecule has 1 atom stereocenters. The molecular weight excluding hydrogens is 226 g/mol. The van der Waals surface area contributed by atoms with E-state index < -0.39 is 0 Å². The van der Waals surface area contributed by atoms with E-state index in [0.29, 0.717) is 24.9 Å². The molecule has 0 aliphatic rings. The number of nitrogens with two attached hydrogens (primary N) is 1. The first-order valence-corrected chi connectivity index (χ1v) is 6.57. The second-order valence-electron chi connectivity index (χ2n) is 5.28. The molecular formula is C14H25N3O. The Morgan fingerprint density at radius 1 is 1.44 bits per heavy atom. The first-order chi connectivity index (χ1) is 8.49. The van der Waals surface area contributed by atoms with E-state index in [9.17, 15) is 0 Å². The molecule has 0 spiro atoms. The normalized spacial score (nSPS) is 14.3. The van der Waals surface area contributed by atoms with Crippen LogP contribution < -0.4 is 15.8 Å². The number of hydrogen-bond donors (Lipinski definition) is 2. The van der Waals surface area contributed by atoms with Crippen molar-refractivity contribution >= 4 is 5.82 Å². The van der Waals surface area contributed by atoms with Crippen LogP contribution in [0.4, 0.5) is 5.82 Å². The maximum absolute atomic E-state index is 5.88. The largest absolute Gasteiger partial charge is 0.478 e. The van der Waals surface area contributed by atoms with Crippen LogP contribution in [0, 0.1) is 5.92 Å². The van der Waals surface area contributed by atoms with Crippen molar-refractivity contribution in [2.45, 2.75) is 39.7 Å². The van der Waals surface area contributed by atoms with E-state index in [4.69, 9.17) is 10.5 Å². The topological polar surface area (TPSA) is 60.2 Å². The van der Waals surface area contributed by atoms with Gasteiger partial charge < -0.3 is 15.8 Å². The van der Waals surface area contributed by atoms with E-state index in [1.165, 1.54) is 0 Å². The molecule has 0 amide bonds. The Morgan fingerprint density at radius 3 is 2.72 bits per heavy atom. The van der Waals surface area contributed by atoms with Gasteiger partial charge in [-0.15, -0.1) is 0 Å². The van der Waals surface area contributed by atoms with Gasteiger partial charge >= 0.3 is 0 Å². The molecule has 1 unspecified atom stereocenters. The van der Waals surface area contributed by atoms with Gasteiger partial charge in [-0.25, -0.2) is 0 Å². The van der Waals surface area contributed by atoms with Gasteiger partial charge in [0.25, 0.3) is 0 Å². The molecule has 0 aromatic carbocycles. The first kappa shape index (κ1) is 14.8. The van der Waals surface area contributed by atoms with Gasteiger partial charge in [-0.2, -0.15) is 4.98 Å². The molecule has 0 bridgehead atoms. The van der Waals surface area contributed by atoms with Crippen molar-refractivity contribution < 1.29 is 4.74 Å². The summed E-state index contributed by atoms with van der Waals surface area (Å²) in [5.41, 5.74) is 5.75. The highest BCUT2D eigenvalue weighted by atomic mass is 16.5. The average Bonchev–Trinajstić information content (AvgIpc) is 2.28. The highest BCUT2D eigenvalue weighted by Gasteiger charge is 2.24. The van der Waals surface area contributed by atoms with Gasteiger partial charge in [0, 0.05) is 18.2 Å². The van der Waals surface area contributed by atoms with Crippen LogP contribution in [0.3, 0.4) is 0 Å². The molecule has 0 radical (unpaired) electrons. The standard InChI is InChI=1S/C14H25N3O/c1-5-18-13-8-6-7-12(16-13)17-14(4,10-15)9-11(2)3/h6-8,11H,5,9-10,15H2,1-4H3,(H,16,17). The van der Waals surface area contributed by atoms with Crippen molar-refractivity contribution in [2.75, 3.05) is 18.5 Å². The maximum atomic E-state index is 5.88. The van der Waals surface area contributed by atoms with E-state index in [1.54, 1.807) is 0 Å². The number of nitrogens with one attached hydrogen (secondary N) is 1. The van der Waals surface area contributed by atoms with E-state index in [2.05, 4.69) is 31.1 Å².